The molecule has 0 saturated carbocycles. The molecule has 27 heavy (non-hydrogen) atoms. The van der Waals surface area contributed by atoms with Crippen molar-refractivity contribution < 1.29 is 32.6 Å². The van der Waals surface area contributed by atoms with Gasteiger partial charge in [-0.25, -0.2) is 9.78 Å². The molecular weight excluding hydrogens is 369 g/mol. The lowest BCUT2D eigenvalue weighted by molar-refractivity contribution is -0.187. The van der Waals surface area contributed by atoms with Gasteiger partial charge in [0.2, 0.25) is 0 Å². The Morgan fingerprint density at radius 1 is 1.22 bits per heavy atom. The molecule has 0 aromatic carbocycles. The number of hydrogen-bond acceptors (Lipinski definition) is 5. The monoisotopic (exact) mass is 388 g/mol. The minimum atomic E-state index is -4.68. The fourth-order valence-corrected chi connectivity index (χ4v) is 3.21. The number of likely N-dealkylation sites (tertiary alicyclic amines) is 1. The van der Waals surface area contributed by atoms with Gasteiger partial charge >= 0.3 is 18.2 Å². The van der Waals surface area contributed by atoms with Crippen LogP contribution in [-0.4, -0.2) is 72.6 Å². The molecule has 0 spiro atoms. The average molecular weight is 388 g/mol. The number of ether oxygens (including phenoxy) is 1. The highest BCUT2D eigenvalue weighted by molar-refractivity contribution is 5.89. The van der Waals surface area contributed by atoms with Gasteiger partial charge in [-0.05, 0) is 12.1 Å². The second-order valence-corrected chi connectivity index (χ2v) is 6.43. The predicted molar refractivity (Wildman–Crippen MR) is 88.5 cm³/mol. The average Bonchev–Trinajstić information content (AvgIpc) is 3.09. The minimum Gasteiger partial charge on any atom is -0.481 e. The van der Waals surface area contributed by atoms with E-state index in [-0.39, 0.29) is 5.82 Å². The van der Waals surface area contributed by atoms with Gasteiger partial charge in [0, 0.05) is 26.2 Å². The molecule has 0 unspecified atom stereocenters. The summed E-state index contributed by atoms with van der Waals surface area (Å²) in [6.45, 7) is 1.46. The summed E-state index contributed by atoms with van der Waals surface area (Å²) in [5.74, 6) is -5.15. The lowest BCUT2D eigenvalue weighted by Gasteiger charge is -2.28. The molecule has 2 saturated heterocycles. The molecule has 8 nitrogen and oxygen atoms in total. The van der Waals surface area contributed by atoms with Crippen molar-refractivity contribution in [2.24, 2.45) is 11.8 Å². The van der Waals surface area contributed by atoms with Gasteiger partial charge < -0.3 is 19.6 Å². The van der Waals surface area contributed by atoms with Crippen LogP contribution in [0.15, 0.2) is 18.3 Å². The van der Waals surface area contributed by atoms with E-state index in [1.54, 1.807) is 18.3 Å². The number of nitrogens with zero attached hydrogens (tertiary/aromatic N) is 3. The number of anilines is 2. The zero-order chi connectivity index (χ0) is 19.6. The standard InChI is InChI=1S/C16H19F3N4O4/c17-16(18,19)12-9-23(8-11(12)14(24)25)15(26)21-13-2-1-10(7-20-13)22-3-5-27-6-4-22/h1-2,7,11-12H,3-6,8-9H2,(H,24,25)(H,20,21,26)/t11-,12-/m1/s1. The molecule has 2 aliphatic rings. The van der Waals surface area contributed by atoms with Crippen molar-refractivity contribution in [3.05, 3.63) is 18.3 Å². The van der Waals surface area contributed by atoms with Crippen LogP contribution in [0.25, 0.3) is 0 Å². The molecule has 11 heteroatoms. The third-order valence-electron chi connectivity index (χ3n) is 4.70. The Bertz CT molecular complexity index is 692. The van der Waals surface area contributed by atoms with Gasteiger partial charge in [-0.1, -0.05) is 0 Å². The molecule has 0 bridgehead atoms. The third-order valence-corrected chi connectivity index (χ3v) is 4.70. The number of carboxylic acid groups (broad SMARTS) is 1. The van der Waals surface area contributed by atoms with E-state index < -0.39 is 43.1 Å². The van der Waals surface area contributed by atoms with Crippen LogP contribution in [0.2, 0.25) is 0 Å². The maximum absolute atomic E-state index is 13.0. The number of carbonyl (C=O) groups excluding carboxylic acids is 1. The van der Waals surface area contributed by atoms with Crippen LogP contribution in [0.1, 0.15) is 0 Å². The number of amides is 2. The Morgan fingerprint density at radius 2 is 1.93 bits per heavy atom. The first-order valence-corrected chi connectivity index (χ1v) is 8.40. The molecule has 3 rings (SSSR count). The Labute approximate surface area is 152 Å². The van der Waals surface area contributed by atoms with E-state index in [0.29, 0.717) is 13.2 Å². The fraction of sp³-hybridized carbons (Fsp3) is 0.562. The summed E-state index contributed by atoms with van der Waals surface area (Å²) < 4.78 is 44.3. The Hall–Kier alpha value is -2.56. The summed E-state index contributed by atoms with van der Waals surface area (Å²) in [5, 5.41) is 11.4. The SMILES string of the molecule is O=C(O)[C@@H]1CN(C(=O)Nc2ccc(N3CCOCC3)cn2)C[C@H]1C(F)(F)F. The molecule has 1 aromatic rings. The highest BCUT2D eigenvalue weighted by atomic mass is 19.4. The zero-order valence-electron chi connectivity index (χ0n) is 14.3. The Kier molecular flexibility index (Phi) is 5.40. The van der Waals surface area contributed by atoms with Gasteiger partial charge in [0.05, 0.1) is 36.9 Å². The molecule has 0 radical (unpaired) electrons. The van der Waals surface area contributed by atoms with E-state index in [0.717, 1.165) is 23.7 Å². The molecule has 2 atom stereocenters. The van der Waals surface area contributed by atoms with Crippen LogP contribution in [0.5, 0.6) is 0 Å². The maximum Gasteiger partial charge on any atom is 0.394 e. The molecule has 2 amide bonds. The van der Waals surface area contributed by atoms with Crippen molar-refractivity contribution in [2.75, 3.05) is 49.6 Å². The quantitative estimate of drug-likeness (QED) is 0.818. The van der Waals surface area contributed by atoms with Gasteiger partial charge in [-0.15, -0.1) is 0 Å². The molecule has 3 heterocycles. The number of alkyl halides is 3. The molecule has 2 N–H and O–H groups in total. The smallest absolute Gasteiger partial charge is 0.394 e. The number of halogens is 3. The van der Waals surface area contributed by atoms with E-state index >= 15 is 0 Å². The summed E-state index contributed by atoms with van der Waals surface area (Å²) in [6, 6.07) is 2.49. The van der Waals surface area contributed by atoms with Gasteiger partial charge in [0.15, 0.2) is 0 Å². The largest absolute Gasteiger partial charge is 0.481 e. The molecule has 1 aromatic heterocycles. The highest BCUT2D eigenvalue weighted by Gasteiger charge is 2.53. The Morgan fingerprint density at radius 3 is 2.44 bits per heavy atom. The summed E-state index contributed by atoms with van der Waals surface area (Å²) >= 11 is 0. The van der Waals surface area contributed by atoms with Crippen LogP contribution in [-0.2, 0) is 9.53 Å². The van der Waals surface area contributed by atoms with Gasteiger partial charge in [0.1, 0.15) is 5.82 Å². The third kappa shape index (κ3) is 4.41. The van der Waals surface area contributed by atoms with Crippen molar-refractivity contribution in [1.82, 2.24) is 9.88 Å². The first kappa shape index (κ1) is 19.2. The number of aromatic nitrogens is 1. The lowest BCUT2D eigenvalue weighted by atomic mass is 9.96. The predicted octanol–water partition coefficient (Wildman–Crippen LogP) is 1.64. The molecule has 148 valence electrons. The number of hydrogen-bond donors (Lipinski definition) is 2. The van der Waals surface area contributed by atoms with Crippen molar-refractivity contribution in [2.45, 2.75) is 6.18 Å². The van der Waals surface area contributed by atoms with Gasteiger partial charge in [-0.3, -0.25) is 10.1 Å². The topological polar surface area (TPSA) is 95.0 Å². The second-order valence-electron chi connectivity index (χ2n) is 6.43. The second kappa shape index (κ2) is 7.59. The van der Waals surface area contributed by atoms with Crippen molar-refractivity contribution >= 4 is 23.5 Å². The highest BCUT2D eigenvalue weighted by Crippen LogP contribution is 2.37. The van der Waals surface area contributed by atoms with Crippen LogP contribution < -0.4 is 10.2 Å². The van der Waals surface area contributed by atoms with Crippen molar-refractivity contribution in [3.8, 4) is 0 Å². The molecule has 0 aliphatic carbocycles. The number of pyridine rings is 1. The number of carbonyl (C=O) groups is 2. The Balaban J connectivity index is 1.62. The van der Waals surface area contributed by atoms with Crippen LogP contribution in [0.4, 0.5) is 29.5 Å². The number of urea groups is 1. The summed E-state index contributed by atoms with van der Waals surface area (Å²) in [7, 11) is 0. The first-order chi connectivity index (χ1) is 12.8. The summed E-state index contributed by atoms with van der Waals surface area (Å²) in [4.78, 5) is 30.3. The number of nitrogens with one attached hydrogen (secondary N) is 1. The minimum absolute atomic E-state index is 0.180. The van der Waals surface area contributed by atoms with E-state index in [4.69, 9.17) is 9.84 Å². The van der Waals surface area contributed by atoms with E-state index in [1.807, 2.05) is 0 Å². The maximum atomic E-state index is 13.0. The van der Waals surface area contributed by atoms with Gasteiger partial charge in [-0.2, -0.15) is 13.2 Å². The molecule has 2 aliphatic heterocycles. The van der Waals surface area contributed by atoms with Crippen molar-refractivity contribution in [1.29, 1.82) is 0 Å². The normalized spacial score (nSPS) is 23.4. The fourth-order valence-electron chi connectivity index (χ4n) is 3.21. The van der Waals surface area contributed by atoms with Crippen LogP contribution in [0, 0.1) is 11.8 Å². The molecular formula is C16H19F3N4O4. The number of rotatable bonds is 3. The summed E-state index contributed by atoms with van der Waals surface area (Å²) in [5.41, 5.74) is 0.848. The van der Waals surface area contributed by atoms with E-state index in [1.165, 1.54) is 0 Å². The number of morpholine rings is 1. The number of aliphatic carboxylic acids is 1. The summed E-state index contributed by atoms with van der Waals surface area (Å²) in [6.07, 6.45) is -3.13. The van der Waals surface area contributed by atoms with Crippen molar-refractivity contribution in [3.63, 3.8) is 0 Å². The zero-order valence-corrected chi connectivity index (χ0v) is 14.3. The van der Waals surface area contributed by atoms with Crippen LogP contribution >= 0.6 is 0 Å². The van der Waals surface area contributed by atoms with E-state index in [9.17, 15) is 22.8 Å². The lowest BCUT2D eigenvalue weighted by Crippen LogP contribution is -2.36. The van der Waals surface area contributed by atoms with Crippen LogP contribution in [0.3, 0.4) is 0 Å². The van der Waals surface area contributed by atoms with E-state index in [2.05, 4.69) is 15.2 Å². The number of carboxylic acids is 1. The molecule has 2 fully saturated rings. The first-order valence-electron chi connectivity index (χ1n) is 8.40. The van der Waals surface area contributed by atoms with Gasteiger partial charge in [0.25, 0.3) is 0 Å².